The third-order valence-electron chi connectivity index (χ3n) is 11.9. The molecule has 0 spiro atoms. The van der Waals surface area contributed by atoms with Gasteiger partial charge in [0.05, 0.1) is 18.7 Å². The molecule has 1 rings (SSSR count). The van der Waals surface area contributed by atoms with E-state index >= 15 is 0 Å². The Morgan fingerprint density at radius 1 is 0.552 bits per heavy atom. The largest absolute Gasteiger partial charge is 0.466 e. The van der Waals surface area contributed by atoms with Gasteiger partial charge in [-0.1, -0.05) is 162 Å². The van der Waals surface area contributed by atoms with E-state index in [1.165, 1.54) is 135 Å². The van der Waals surface area contributed by atoms with Crippen LogP contribution in [0, 0.1) is 0 Å². The summed E-state index contributed by atoms with van der Waals surface area (Å²) in [4.78, 5) is 39.4. The Balaban J connectivity index is 2.32. The number of likely N-dealkylation sites (N-methyl/N-ethyl adjacent to an activating group) is 1. The van der Waals surface area contributed by atoms with Crippen molar-refractivity contribution < 1.29 is 23.9 Å². The maximum atomic E-state index is 12.8. The number of hydrogen-bond acceptors (Lipinski definition) is 8. The van der Waals surface area contributed by atoms with Crippen molar-refractivity contribution in [2.45, 2.75) is 252 Å². The van der Waals surface area contributed by atoms with Crippen LogP contribution in [0.2, 0.25) is 0 Å². The molecule has 0 aromatic rings. The average molecular weight is 818 g/mol. The van der Waals surface area contributed by atoms with Crippen molar-refractivity contribution in [2.75, 3.05) is 39.8 Å². The van der Waals surface area contributed by atoms with Gasteiger partial charge in [0, 0.05) is 32.1 Å². The number of ether oxygens (including phenoxy) is 2. The maximum Gasteiger partial charge on any atom is 0.306 e. The molecule has 58 heavy (non-hydrogen) atoms. The van der Waals surface area contributed by atoms with Crippen LogP contribution >= 0.6 is 0 Å². The lowest BCUT2D eigenvalue weighted by atomic mass is 9.99. The quantitative estimate of drug-likeness (QED) is 0.0463. The summed E-state index contributed by atoms with van der Waals surface area (Å²) in [6.07, 6.45) is 40.0. The number of nitrogens with one attached hydrogen (secondary N) is 2. The van der Waals surface area contributed by atoms with E-state index in [0.717, 1.165) is 108 Å². The second-order valence-corrected chi connectivity index (χ2v) is 17.4. The molecule has 0 aliphatic heterocycles. The van der Waals surface area contributed by atoms with Crippen LogP contribution in [0.3, 0.4) is 0 Å². The molecular weight excluding hydrogens is 723 g/mol. The number of allylic oxidation sites excluding steroid dienone is 2. The fourth-order valence-electron chi connectivity index (χ4n) is 8.12. The van der Waals surface area contributed by atoms with Crippen molar-refractivity contribution >= 4 is 17.7 Å². The van der Waals surface area contributed by atoms with Gasteiger partial charge < -0.3 is 25.0 Å². The summed E-state index contributed by atoms with van der Waals surface area (Å²) in [6, 6.07) is 0. The number of unbranched alkanes of at least 4 members (excludes halogenated alkanes) is 24. The van der Waals surface area contributed by atoms with Gasteiger partial charge in [0.1, 0.15) is 6.10 Å². The first kappa shape index (κ1) is 53.9. The topological polar surface area (TPSA) is 97.0 Å². The maximum absolute atomic E-state index is 12.8. The molecular formula is C50H95N3O5. The van der Waals surface area contributed by atoms with Crippen molar-refractivity contribution in [1.82, 2.24) is 15.5 Å². The summed E-state index contributed by atoms with van der Waals surface area (Å²) in [5.41, 5.74) is 1.79. The fraction of sp³-hybridized carbons (Fsp3) is 0.900. The Morgan fingerprint density at radius 2 is 0.983 bits per heavy atom. The Kier molecular flexibility index (Phi) is 37.5. The number of carbonyl (C=O) groups excluding carboxylic acids is 3. The van der Waals surface area contributed by atoms with Gasteiger partial charge in [-0.2, -0.15) is 0 Å². The first-order chi connectivity index (χ1) is 28.4. The minimum atomic E-state index is -0.0270. The van der Waals surface area contributed by atoms with E-state index in [1.54, 1.807) is 0 Å². The molecule has 0 radical (unpaired) electrons. The number of esters is 2. The zero-order valence-corrected chi connectivity index (χ0v) is 38.9. The van der Waals surface area contributed by atoms with Crippen molar-refractivity contribution in [1.29, 1.82) is 0 Å². The van der Waals surface area contributed by atoms with Gasteiger partial charge in [-0.05, 0) is 83.8 Å². The second-order valence-electron chi connectivity index (χ2n) is 17.4. The molecule has 0 saturated carbocycles. The number of rotatable bonds is 45. The SMILES string of the molecule is CCCCCCCCCOC(=O)CCCCCCCN(CCCCCCCC(=O)OC(CCCCCCCC)CCCCCCCC)CCCNC1=C(NC)C(=O)C1. The van der Waals surface area contributed by atoms with Gasteiger partial charge >= 0.3 is 11.9 Å². The monoisotopic (exact) mass is 818 g/mol. The molecule has 2 N–H and O–H groups in total. The average Bonchev–Trinajstić information content (AvgIpc) is 3.21. The highest BCUT2D eigenvalue weighted by Gasteiger charge is 2.25. The van der Waals surface area contributed by atoms with Crippen LogP contribution in [0.25, 0.3) is 0 Å². The lowest BCUT2D eigenvalue weighted by Crippen LogP contribution is -2.36. The first-order valence-corrected chi connectivity index (χ1v) is 25.2. The summed E-state index contributed by atoms with van der Waals surface area (Å²) in [7, 11) is 1.82. The Bertz CT molecular complexity index is 1000. The molecule has 0 amide bonds. The second kappa shape index (κ2) is 40.3. The number of nitrogens with zero attached hydrogens (tertiary/aromatic N) is 1. The summed E-state index contributed by atoms with van der Waals surface area (Å²) in [6.45, 7) is 11.5. The Morgan fingerprint density at radius 3 is 1.48 bits per heavy atom. The lowest BCUT2D eigenvalue weighted by Gasteiger charge is -2.25. The molecule has 1 aliphatic carbocycles. The van der Waals surface area contributed by atoms with Crippen LogP contribution in [0.1, 0.15) is 245 Å². The van der Waals surface area contributed by atoms with E-state index in [9.17, 15) is 14.4 Å². The minimum Gasteiger partial charge on any atom is -0.466 e. The summed E-state index contributed by atoms with van der Waals surface area (Å²) in [5, 5.41) is 6.50. The highest BCUT2D eigenvalue weighted by molar-refractivity contribution is 6.03. The molecule has 340 valence electrons. The predicted octanol–water partition coefficient (Wildman–Crippen LogP) is 13.1. The van der Waals surface area contributed by atoms with E-state index < -0.39 is 0 Å². The smallest absolute Gasteiger partial charge is 0.306 e. The molecule has 0 atom stereocenters. The van der Waals surface area contributed by atoms with E-state index in [0.29, 0.717) is 25.9 Å². The summed E-state index contributed by atoms with van der Waals surface area (Å²) >= 11 is 0. The molecule has 0 aromatic carbocycles. The third-order valence-corrected chi connectivity index (χ3v) is 11.9. The van der Waals surface area contributed by atoms with Crippen LogP contribution in [-0.2, 0) is 23.9 Å². The molecule has 0 bridgehead atoms. The van der Waals surface area contributed by atoms with E-state index in [2.05, 4.69) is 36.3 Å². The molecule has 0 aromatic heterocycles. The van der Waals surface area contributed by atoms with Gasteiger partial charge in [-0.3, -0.25) is 14.4 Å². The molecule has 0 unspecified atom stereocenters. The first-order valence-electron chi connectivity index (χ1n) is 25.2. The number of Topliss-reactive ketones (excluding diaryl/α,β-unsaturated/α-hetero) is 1. The van der Waals surface area contributed by atoms with Crippen LogP contribution in [0.5, 0.6) is 0 Å². The summed E-state index contributed by atoms with van der Waals surface area (Å²) < 4.78 is 11.5. The Labute approximate surface area is 358 Å². The zero-order chi connectivity index (χ0) is 42.2. The van der Waals surface area contributed by atoms with Crippen molar-refractivity contribution in [2.24, 2.45) is 0 Å². The fourth-order valence-corrected chi connectivity index (χ4v) is 8.12. The normalized spacial score (nSPS) is 12.8. The van der Waals surface area contributed by atoms with Crippen molar-refractivity contribution in [3.8, 4) is 0 Å². The van der Waals surface area contributed by atoms with Gasteiger partial charge in [-0.15, -0.1) is 0 Å². The number of hydrogen-bond donors (Lipinski definition) is 2. The molecule has 0 fully saturated rings. The molecule has 0 heterocycles. The highest BCUT2D eigenvalue weighted by atomic mass is 16.5. The van der Waals surface area contributed by atoms with Crippen LogP contribution in [0.4, 0.5) is 0 Å². The summed E-state index contributed by atoms with van der Waals surface area (Å²) in [5.74, 6) is 0.185. The molecule has 0 saturated heterocycles. The number of carbonyl (C=O) groups is 3. The van der Waals surface area contributed by atoms with Crippen LogP contribution < -0.4 is 10.6 Å². The minimum absolute atomic E-state index is 0.0179. The van der Waals surface area contributed by atoms with Crippen molar-refractivity contribution in [3.63, 3.8) is 0 Å². The standard InChI is InChI=1S/C50H95N3O5/c1-5-8-11-14-17-26-33-43-57-48(55)37-29-22-18-24-31-40-53(42-34-39-52-46-44-47(54)50(46)51-4)41-32-25-19-23-30-38-49(56)58-45(35-27-20-15-12-9-6-2)36-28-21-16-13-10-7-3/h45,51-52H,5-44H2,1-4H3. The van der Waals surface area contributed by atoms with Crippen molar-refractivity contribution in [3.05, 3.63) is 11.4 Å². The predicted molar refractivity (Wildman–Crippen MR) is 245 cm³/mol. The Hall–Kier alpha value is -2.09. The van der Waals surface area contributed by atoms with Gasteiger partial charge in [0.25, 0.3) is 0 Å². The molecule has 1 aliphatic rings. The third kappa shape index (κ3) is 31.8. The van der Waals surface area contributed by atoms with E-state index in [1.807, 2.05) is 7.05 Å². The lowest BCUT2D eigenvalue weighted by molar-refractivity contribution is -0.150. The van der Waals surface area contributed by atoms with Gasteiger partial charge in [0.2, 0.25) is 0 Å². The zero-order valence-electron chi connectivity index (χ0n) is 38.9. The molecule has 8 heteroatoms. The van der Waals surface area contributed by atoms with Gasteiger partial charge in [0.15, 0.2) is 5.78 Å². The van der Waals surface area contributed by atoms with E-state index in [-0.39, 0.29) is 23.8 Å². The highest BCUT2D eigenvalue weighted by Crippen LogP contribution is 2.20. The molecule has 8 nitrogen and oxygen atoms in total. The van der Waals surface area contributed by atoms with Gasteiger partial charge in [-0.25, -0.2) is 0 Å². The van der Waals surface area contributed by atoms with E-state index in [4.69, 9.17) is 9.47 Å². The van der Waals surface area contributed by atoms with Crippen LogP contribution in [-0.4, -0.2) is 68.6 Å². The van der Waals surface area contributed by atoms with Crippen LogP contribution in [0.15, 0.2) is 11.4 Å². The number of ketones is 1.